The molecule has 0 aromatic carbocycles. The van der Waals surface area contributed by atoms with Crippen LogP contribution in [0.25, 0.3) is 0 Å². The van der Waals surface area contributed by atoms with Gasteiger partial charge in [-0.25, -0.2) is 0 Å². The van der Waals surface area contributed by atoms with E-state index in [4.69, 9.17) is 0 Å². The molecule has 6 nitrogen and oxygen atoms in total. The molecule has 0 aliphatic carbocycles. The first kappa shape index (κ1) is 197. The van der Waals surface area contributed by atoms with Gasteiger partial charge in [0.25, 0.3) is 0 Å². The molecular formula is H7Na2O6Sn-3. The second-order valence-electron chi connectivity index (χ2n) is 0. The smallest absolute Gasteiger partial charge is 1.00 e. The monoisotopic (exact) mass is 269 g/mol. The second kappa shape index (κ2) is 147. The zero-order chi connectivity index (χ0) is 0. The normalized spacial score (nSPS) is 0. The maximum absolute atomic E-state index is 0. The number of hydrogen-bond donors (Lipinski definition) is 0. The first-order valence-corrected chi connectivity index (χ1v) is 0. The van der Waals surface area contributed by atoms with E-state index in [-0.39, 0.29) is 116 Å². The molecule has 4 radical (unpaired) electrons. The van der Waals surface area contributed by atoms with Crippen LogP contribution in [0.5, 0.6) is 0 Å². The van der Waals surface area contributed by atoms with Gasteiger partial charge in [0.2, 0.25) is 0 Å². The molecule has 0 aromatic rings. The SMILES string of the molecule is O.O.O.[Na+].[Na+].[O-2].[O-2].[OH-].[Sn]. The quantitative estimate of drug-likeness (QED) is 0.388. The maximum Gasteiger partial charge on any atom is 1.00 e. The van der Waals surface area contributed by atoms with Crippen LogP contribution in [0.4, 0.5) is 0 Å². The van der Waals surface area contributed by atoms with Crippen LogP contribution in [-0.4, -0.2) is 45.8 Å². The van der Waals surface area contributed by atoms with E-state index in [9.17, 15) is 0 Å². The van der Waals surface area contributed by atoms with Crippen molar-refractivity contribution in [1.29, 1.82) is 0 Å². The van der Waals surface area contributed by atoms with Crippen molar-refractivity contribution in [1.82, 2.24) is 0 Å². The predicted molar refractivity (Wildman–Crippen MR) is 19.9 cm³/mol. The van der Waals surface area contributed by atoms with Gasteiger partial charge in [0.1, 0.15) is 0 Å². The molecule has 0 saturated carbocycles. The standard InChI is InChI=1S/2Na.4H2O.2O.Sn/h;;4*1H2;;;/q2*+1;;;;;2*-2;/p-1. The molecular weight excluding hydrogens is 261 g/mol. The van der Waals surface area contributed by atoms with Crippen LogP contribution in [0.15, 0.2) is 0 Å². The second-order valence-corrected chi connectivity index (χ2v) is 0. The molecule has 0 unspecified atom stereocenters. The minimum atomic E-state index is 0. The summed E-state index contributed by atoms with van der Waals surface area (Å²) < 4.78 is 0. The Labute approximate surface area is 114 Å². The van der Waals surface area contributed by atoms with Crippen LogP contribution in [0, 0.1) is 0 Å². The summed E-state index contributed by atoms with van der Waals surface area (Å²) in [5, 5.41) is 0. The minimum Gasteiger partial charge on any atom is -2.00 e. The third-order valence-electron chi connectivity index (χ3n) is 0. The molecule has 9 heavy (non-hydrogen) atoms. The van der Waals surface area contributed by atoms with Gasteiger partial charge in [-0.1, -0.05) is 0 Å². The molecule has 52 valence electrons. The van der Waals surface area contributed by atoms with E-state index in [1.807, 2.05) is 0 Å². The maximum atomic E-state index is 0. The Bertz CT molecular complexity index is 11.0. The number of hydrogen-bond acceptors (Lipinski definition) is 1. The van der Waals surface area contributed by atoms with Crippen molar-refractivity contribution in [2.45, 2.75) is 0 Å². The summed E-state index contributed by atoms with van der Waals surface area (Å²) in [7, 11) is 0. The molecule has 0 aliphatic heterocycles. The van der Waals surface area contributed by atoms with E-state index in [1.165, 1.54) is 0 Å². The fraction of sp³-hybridized carbons (Fsp3) is 0. The summed E-state index contributed by atoms with van der Waals surface area (Å²) >= 11 is 0. The molecule has 0 spiro atoms. The Kier molecular flexibility index (Phi) is 3220. The van der Waals surface area contributed by atoms with E-state index in [1.54, 1.807) is 0 Å². The Balaban J connectivity index is 0. The zero-order valence-corrected chi connectivity index (χ0v) is 12.1. The molecule has 0 fully saturated rings. The summed E-state index contributed by atoms with van der Waals surface area (Å²) in [5.74, 6) is 0. The average Bonchev–Trinajstić information content (AvgIpc) is 0. The zero-order valence-electron chi connectivity index (χ0n) is 5.26. The van der Waals surface area contributed by atoms with Gasteiger partial charge in [-0.2, -0.15) is 0 Å². The van der Waals surface area contributed by atoms with Crippen molar-refractivity contribution in [3.63, 3.8) is 0 Å². The van der Waals surface area contributed by atoms with Gasteiger partial charge in [0.05, 0.1) is 0 Å². The van der Waals surface area contributed by atoms with Crippen LogP contribution in [-0.2, 0) is 11.0 Å². The molecule has 0 atom stereocenters. The van der Waals surface area contributed by atoms with Crippen molar-refractivity contribution in [3.05, 3.63) is 0 Å². The van der Waals surface area contributed by atoms with Crippen LogP contribution >= 0.6 is 0 Å². The van der Waals surface area contributed by atoms with E-state index >= 15 is 0 Å². The van der Waals surface area contributed by atoms with Gasteiger partial charge in [-0.3, -0.25) is 0 Å². The third-order valence-corrected chi connectivity index (χ3v) is 0. The summed E-state index contributed by atoms with van der Waals surface area (Å²) in [6.07, 6.45) is 0. The Morgan fingerprint density at radius 2 is 0.556 bits per heavy atom. The summed E-state index contributed by atoms with van der Waals surface area (Å²) in [6.45, 7) is 0. The van der Waals surface area contributed by atoms with Crippen LogP contribution in [0.1, 0.15) is 0 Å². The molecule has 0 bridgehead atoms. The first-order chi connectivity index (χ1) is 0. The fourth-order valence-electron chi connectivity index (χ4n) is 0. The molecule has 0 amide bonds. The van der Waals surface area contributed by atoms with Gasteiger partial charge in [-0.05, 0) is 0 Å². The summed E-state index contributed by atoms with van der Waals surface area (Å²) in [6, 6.07) is 0. The average molecular weight is 268 g/mol. The van der Waals surface area contributed by atoms with Crippen LogP contribution in [0.3, 0.4) is 0 Å². The van der Waals surface area contributed by atoms with E-state index in [0.717, 1.165) is 0 Å². The van der Waals surface area contributed by atoms with E-state index in [2.05, 4.69) is 0 Å². The summed E-state index contributed by atoms with van der Waals surface area (Å²) in [5.41, 5.74) is 0. The molecule has 9 heteroatoms. The Morgan fingerprint density at radius 1 is 0.556 bits per heavy atom. The van der Waals surface area contributed by atoms with Gasteiger partial charge >= 0.3 is 59.1 Å². The van der Waals surface area contributed by atoms with Crippen molar-refractivity contribution in [3.8, 4) is 0 Å². The van der Waals surface area contributed by atoms with Gasteiger partial charge in [0, 0.05) is 23.9 Å². The van der Waals surface area contributed by atoms with Crippen LogP contribution < -0.4 is 59.1 Å². The molecule has 0 heterocycles. The minimum absolute atomic E-state index is 0. The third kappa shape index (κ3) is 118. The Hall–Kier alpha value is 2.56. The number of rotatable bonds is 0. The van der Waals surface area contributed by atoms with Crippen molar-refractivity contribution >= 4 is 23.9 Å². The molecule has 0 rings (SSSR count). The largest absolute Gasteiger partial charge is 2.00 e. The Morgan fingerprint density at radius 3 is 0.556 bits per heavy atom. The molecule has 7 N–H and O–H groups in total. The van der Waals surface area contributed by atoms with Crippen molar-refractivity contribution in [2.75, 3.05) is 0 Å². The van der Waals surface area contributed by atoms with Crippen LogP contribution in [0.2, 0.25) is 0 Å². The summed E-state index contributed by atoms with van der Waals surface area (Å²) in [4.78, 5) is 0. The van der Waals surface area contributed by atoms with E-state index < -0.39 is 0 Å². The molecule has 0 aromatic heterocycles. The fourth-order valence-corrected chi connectivity index (χ4v) is 0. The van der Waals surface area contributed by atoms with Gasteiger partial charge in [-0.15, -0.1) is 0 Å². The van der Waals surface area contributed by atoms with Gasteiger partial charge < -0.3 is 32.9 Å². The van der Waals surface area contributed by atoms with Gasteiger partial charge in [0.15, 0.2) is 0 Å². The predicted octanol–water partition coefficient (Wildman–Crippen LogP) is -9.26. The topological polar surface area (TPSA) is 182 Å². The van der Waals surface area contributed by atoms with Crippen molar-refractivity contribution in [2.24, 2.45) is 0 Å². The molecule has 0 saturated heterocycles. The van der Waals surface area contributed by atoms with E-state index in [0.29, 0.717) is 0 Å². The van der Waals surface area contributed by atoms with Crippen molar-refractivity contribution < 1.29 is 92.0 Å². The molecule has 0 aliphatic rings. The first-order valence-electron chi connectivity index (χ1n) is 0.